The zero-order valence-corrected chi connectivity index (χ0v) is 16.3. The van der Waals surface area contributed by atoms with Crippen LogP contribution in [-0.4, -0.2) is 40.0 Å². The number of nitrogens with two attached hydrogens (primary N) is 1. The number of halogens is 1. The first-order chi connectivity index (χ1) is 13.3. The number of amidine groups is 1. The predicted octanol–water partition coefficient (Wildman–Crippen LogP) is 2.47. The van der Waals surface area contributed by atoms with Crippen LogP contribution < -0.4 is 11.1 Å². The van der Waals surface area contributed by atoms with Crippen LogP contribution in [0.25, 0.3) is 0 Å². The molecule has 1 aromatic carbocycles. The molecule has 9 heteroatoms. The van der Waals surface area contributed by atoms with E-state index < -0.39 is 22.7 Å². The molecule has 2 aromatic rings. The molecule has 0 saturated carbocycles. The largest absolute Gasteiger partial charge is 0.379 e. The third kappa shape index (κ3) is 3.04. The normalized spacial score (nSPS) is 26.5. The van der Waals surface area contributed by atoms with Crippen molar-refractivity contribution in [2.24, 2.45) is 16.1 Å². The van der Waals surface area contributed by atoms with Crippen molar-refractivity contribution < 1.29 is 13.9 Å². The van der Waals surface area contributed by atoms with Gasteiger partial charge < -0.3 is 15.8 Å². The second kappa shape index (κ2) is 6.82. The van der Waals surface area contributed by atoms with Crippen molar-refractivity contribution in [1.29, 1.82) is 0 Å². The summed E-state index contributed by atoms with van der Waals surface area (Å²) >= 11 is 1.45. The molecule has 0 spiro atoms. The van der Waals surface area contributed by atoms with Gasteiger partial charge in [-0.1, -0.05) is 18.7 Å². The van der Waals surface area contributed by atoms with Crippen molar-refractivity contribution >= 4 is 28.5 Å². The Morgan fingerprint density at radius 1 is 1.32 bits per heavy atom. The Morgan fingerprint density at radius 3 is 2.89 bits per heavy atom. The summed E-state index contributed by atoms with van der Waals surface area (Å²) in [5, 5.41) is 3.16. The molecule has 2 aliphatic rings. The SMILES string of the molecule is Cc1cnc(C(=O)Nc2ccc(F)c(C34COCC3(C)CSC(N)=N4)c2)cn1. The van der Waals surface area contributed by atoms with Crippen LogP contribution >= 0.6 is 11.8 Å². The second-order valence-corrected chi connectivity index (χ2v) is 8.34. The molecular formula is C19H20FN5O2S. The molecule has 2 aliphatic heterocycles. The number of carbonyl (C=O) groups is 1. The quantitative estimate of drug-likeness (QED) is 0.819. The summed E-state index contributed by atoms with van der Waals surface area (Å²) in [6.07, 6.45) is 2.92. The number of hydrogen-bond acceptors (Lipinski definition) is 7. The number of rotatable bonds is 3. The van der Waals surface area contributed by atoms with E-state index in [0.717, 1.165) is 0 Å². The Bertz CT molecular complexity index is 967. The molecule has 3 N–H and O–H groups in total. The van der Waals surface area contributed by atoms with E-state index in [1.807, 2.05) is 6.92 Å². The third-order valence-electron chi connectivity index (χ3n) is 5.25. The van der Waals surface area contributed by atoms with E-state index in [4.69, 9.17) is 10.5 Å². The van der Waals surface area contributed by atoms with Crippen LogP contribution in [0.5, 0.6) is 0 Å². The molecule has 0 aliphatic carbocycles. The molecule has 1 saturated heterocycles. The molecule has 0 bridgehead atoms. The van der Waals surface area contributed by atoms with Gasteiger partial charge in [0.05, 0.1) is 25.1 Å². The fourth-order valence-corrected chi connectivity index (χ4v) is 4.60. The maximum absolute atomic E-state index is 14.9. The van der Waals surface area contributed by atoms with E-state index in [1.54, 1.807) is 13.0 Å². The van der Waals surface area contributed by atoms with E-state index in [2.05, 4.69) is 20.3 Å². The molecule has 0 radical (unpaired) electrons. The van der Waals surface area contributed by atoms with Crippen LogP contribution in [0.3, 0.4) is 0 Å². The van der Waals surface area contributed by atoms with Crippen LogP contribution in [0, 0.1) is 18.2 Å². The number of aryl methyl sites for hydroxylation is 1. The number of aromatic nitrogens is 2. The van der Waals surface area contributed by atoms with Crippen LogP contribution in [0.4, 0.5) is 10.1 Å². The van der Waals surface area contributed by atoms with Gasteiger partial charge in [-0.3, -0.25) is 9.78 Å². The smallest absolute Gasteiger partial charge is 0.275 e. The maximum Gasteiger partial charge on any atom is 0.275 e. The fourth-order valence-electron chi connectivity index (χ4n) is 3.59. The third-order valence-corrected chi connectivity index (χ3v) is 6.42. The summed E-state index contributed by atoms with van der Waals surface area (Å²) in [6.45, 7) is 4.51. The fraction of sp³-hybridized carbons (Fsp3) is 0.368. The molecule has 3 heterocycles. The lowest BCUT2D eigenvalue weighted by Crippen LogP contribution is -2.48. The molecule has 1 aromatic heterocycles. The van der Waals surface area contributed by atoms with E-state index in [9.17, 15) is 9.18 Å². The number of ether oxygens (including phenoxy) is 1. The highest BCUT2D eigenvalue weighted by molar-refractivity contribution is 8.13. The van der Waals surface area contributed by atoms with E-state index in [1.165, 1.54) is 36.3 Å². The van der Waals surface area contributed by atoms with Crippen LogP contribution in [0.15, 0.2) is 35.6 Å². The minimum absolute atomic E-state index is 0.181. The summed E-state index contributed by atoms with van der Waals surface area (Å²) in [6, 6.07) is 4.44. The highest BCUT2D eigenvalue weighted by Gasteiger charge is 2.57. The van der Waals surface area contributed by atoms with Gasteiger partial charge in [-0.15, -0.1) is 0 Å². The number of thioether (sulfide) groups is 1. The van der Waals surface area contributed by atoms with Crippen molar-refractivity contribution in [2.75, 3.05) is 24.3 Å². The molecular weight excluding hydrogens is 381 g/mol. The number of nitrogens with zero attached hydrogens (tertiary/aromatic N) is 3. The zero-order valence-electron chi connectivity index (χ0n) is 15.5. The summed E-state index contributed by atoms with van der Waals surface area (Å²) < 4.78 is 20.6. The summed E-state index contributed by atoms with van der Waals surface area (Å²) in [4.78, 5) is 25.2. The lowest BCUT2D eigenvalue weighted by Gasteiger charge is -2.42. The molecule has 1 amide bonds. The van der Waals surface area contributed by atoms with Gasteiger partial charge in [0.25, 0.3) is 5.91 Å². The number of amides is 1. The molecule has 28 heavy (non-hydrogen) atoms. The Labute approximate surface area is 166 Å². The second-order valence-electron chi connectivity index (χ2n) is 7.34. The summed E-state index contributed by atoms with van der Waals surface area (Å²) in [5.41, 5.74) is 6.37. The highest BCUT2D eigenvalue weighted by atomic mass is 32.2. The topological polar surface area (TPSA) is 102 Å². The van der Waals surface area contributed by atoms with Gasteiger partial charge in [-0.05, 0) is 25.1 Å². The van der Waals surface area contributed by atoms with Crippen molar-refractivity contribution in [2.45, 2.75) is 19.4 Å². The Morgan fingerprint density at radius 2 is 2.14 bits per heavy atom. The molecule has 7 nitrogen and oxygen atoms in total. The maximum atomic E-state index is 14.9. The van der Waals surface area contributed by atoms with E-state index in [0.29, 0.717) is 34.5 Å². The van der Waals surface area contributed by atoms with Crippen LogP contribution in [0.2, 0.25) is 0 Å². The molecule has 2 atom stereocenters. The van der Waals surface area contributed by atoms with Gasteiger partial charge in [-0.25, -0.2) is 14.4 Å². The van der Waals surface area contributed by atoms with Crippen LogP contribution in [-0.2, 0) is 10.3 Å². The van der Waals surface area contributed by atoms with Crippen LogP contribution in [0.1, 0.15) is 28.7 Å². The minimum Gasteiger partial charge on any atom is -0.379 e. The van der Waals surface area contributed by atoms with Crippen molar-refractivity contribution in [3.8, 4) is 0 Å². The average Bonchev–Trinajstić information content (AvgIpc) is 3.01. The number of carbonyl (C=O) groups excluding carboxylic acids is 1. The molecule has 2 unspecified atom stereocenters. The lowest BCUT2D eigenvalue weighted by atomic mass is 9.70. The van der Waals surface area contributed by atoms with Gasteiger partial charge >= 0.3 is 0 Å². The number of nitrogens with one attached hydrogen (secondary N) is 1. The van der Waals surface area contributed by atoms with Crippen molar-refractivity contribution in [3.63, 3.8) is 0 Å². The van der Waals surface area contributed by atoms with Crippen molar-refractivity contribution in [3.05, 3.63) is 53.4 Å². The first kappa shape index (κ1) is 18.8. The van der Waals surface area contributed by atoms with Gasteiger partial charge in [-0.2, -0.15) is 0 Å². The Hall–Kier alpha value is -2.52. The van der Waals surface area contributed by atoms with Gasteiger partial charge in [0.15, 0.2) is 5.17 Å². The number of anilines is 1. The minimum atomic E-state index is -0.920. The Kier molecular flexibility index (Phi) is 4.59. The molecule has 1 fully saturated rings. The highest BCUT2D eigenvalue weighted by Crippen LogP contribution is 2.53. The van der Waals surface area contributed by atoms with Crippen molar-refractivity contribution in [1.82, 2.24) is 9.97 Å². The predicted molar refractivity (Wildman–Crippen MR) is 106 cm³/mol. The molecule has 4 rings (SSSR count). The number of hydrogen-bond donors (Lipinski definition) is 2. The zero-order chi connectivity index (χ0) is 19.9. The monoisotopic (exact) mass is 401 g/mol. The lowest BCUT2D eigenvalue weighted by molar-refractivity contribution is 0.102. The first-order valence-corrected chi connectivity index (χ1v) is 9.77. The average molecular weight is 401 g/mol. The van der Waals surface area contributed by atoms with Gasteiger partial charge in [0, 0.05) is 28.6 Å². The molecule has 146 valence electrons. The standard InChI is InChI=1S/C19H20FN5O2S/c1-11-6-23-15(7-22-11)16(26)24-12-3-4-14(20)13(5-12)19-9-27-8-18(19,2)10-28-17(21)25-19/h3-7H,8-10H2,1-2H3,(H2,21,25)(H,24,26). The van der Waals surface area contributed by atoms with E-state index in [-0.39, 0.29) is 12.3 Å². The van der Waals surface area contributed by atoms with E-state index >= 15 is 0 Å². The first-order valence-electron chi connectivity index (χ1n) is 8.79. The summed E-state index contributed by atoms with van der Waals surface area (Å²) in [5.74, 6) is -0.152. The number of benzene rings is 1. The van der Waals surface area contributed by atoms with Gasteiger partial charge in [0.1, 0.15) is 17.1 Å². The number of fused-ring (bicyclic) bond motifs is 1. The van der Waals surface area contributed by atoms with Gasteiger partial charge in [0.2, 0.25) is 0 Å². The summed E-state index contributed by atoms with van der Waals surface area (Å²) in [7, 11) is 0. The Balaban J connectivity index is 1.70. The number of aliphatic imine (C=N–C) groups is 1.